The van der Waals surface area contributed by atoms with Crippen LogP contribution in [0.3, 0.4) is 0 Å². The smallest absolute Gasteiger partial charge is 0.340 e. The summed E-state index contributed by atoms with van der Waals surface area (Å²) in [5.41, 5.74) is 3.27. The monoisotopic (exact) mass is 592 g/mol. The number of nitrogens with zero attached hydrogens (tertiary/aromatic N) is 4. The molecule has 222 valence electrons. The number of benzene rings is 4. The number of carbonyl (C=O) groups excluding carboxylic acids is 2. The second-order valence-electron chi connectivity index (χ2n) is 11.3. The molecule has 4 aromatic carbocycles. The van der Waals surface area contributed by atoms with Crippen molar-refractivity contribution in [1.29, 1.82) is 0 Å². The molecule has 0 saturated carbocycles. The molecule has 45 heavy (non-hydrogen) atoms. The number of amides is 1. The average molecular weight is 593 g/mol. The van der Waals surface area contributed by atoms with Gasteiger partial charge in [0.2, 0.25) is 0 Å². The first-order chi connectivity index (χ1) is 22.2. The van der Waals surface area contributed by atoms with Crippen LogP contribution in [0, 0.1) is 0 Å². The Morgan fingerprint density at radius 1 is 0.667 bits per heavy atom. The van der Waals surface area contributed by atoms with Gasteiger partial charge < -0.3 is 9.64 Å². The van der Waals surface area contributed by atoms with E-state index in [1.54, 1.807) is 24.8 Å². The minimum absolute atomic E-state index is 0.0792. The van der Waals surface area contributed by atoms with E-state index in [0.717, 1.165) is 32.7 Å². The number of esters is 1. The Bertz CT molecular complexity index is 1910. The van der Waals surface area contributed by atoms with Crippen LogP contribution < -0.4 is 0 Å². The maximum Gasteiger partial charge on any atom is 0.340 e. The fraction of sp³-hybridized carbons (Fsp3) is 0.158. The van der Waals surface area contributed by atoms with E-state index in [1.807, 2.05) is 89.8 Å². The second-order valence-corrected chi connectivity index (χ2v) is 11.3. The number of carbonyl (C=O) groups is 2. The summed E-state index contributed by atoms with van der Waals surface area (Å²) in [6, 6.07) is 35.8. The summed E-state index contributed by atoms with van der Waals surface area (Å²) in [4.78, 5) is 40.4. The molecule has 1 fully saturated rings. The van der Waals surface area contributed by atoms with Crippen molar-refractivity contribution >= 4 is 33.4 Å². The van der Waals surface area contributed by atoms with Gasteiger partial charge in [-0.2, -0.15) is 0 Å². The van der Waals surface area contributed by atoms with Gasteiger partial charge in [-0.15, -0.1) is 0 Å². The average Bonchev–Trinajstić information content (AvgIpc) is 3.11. The molecule has 0 N–H and O–H groups in total. The van der Waals surface area contributed by atoms with Gasteiger partial charge in [-0.05, 0) is 21.9 Å². The SMILES string of the molecule is O=C(OCC1CN(C(=O)c2cncc3ccccc23)CCN1C(c1ccccc1)c1ccccc1)c1cncc2ccccc12. The zero-order valence-electron chi connectivity index (χ0n) is 24.7. The molecule has 0 spiro atoms. The molecule has 1 unspecified atom stereocenters. The predicted molar refractivity (Wildman–Crippen MR) is 175 cm³/mol. The van der Waals surface area contributed by atoms with Crippen LogP contribution in [0.4, 0.5) is 0 Å². The van der Waals surface area contributed by atoms with Crippen LogP contribution in [0.1, 0.15) is 37.9 Å². The number of pyridine rings is 2. The van der Waals surface area contributed by atoms with Gasteiger partial charge in [0.05, 0.1) is 23.2 Å². The Labute approximate surface area is 261 Å². The van der Waals surface area contributed by atoms with Crippen LogP contribution in [0.2, 0.25) is 0 Å². The highest BCUT2D eigenvalue weighted by Crippen LogP contribution is 2.33. The first-order valence-corrected chi connectivity index (χ1v) is 15.1. The quantitative estimate of drug-likeness (QED) is 0.196. The first kappa shape index (κ1) is 28.4. The minimum Gasteiger partial charge on any atom is -0.460 e. The number of aromatic nitrogens is 2. The van der Waals surface area contributed by atoms with Gasteiger partial charge in [0, 0.05) is 55.2 Å². The van der Waals surface area contributed by atoms with Crippen LogP contribution in [-0.2, 0) is 4.74 Å². The number of piperazine rings is 1. The van der Waals surface area contributed by atoms with Gasteiger partial charge in [0.25, 0.3) is 5.91 Å². The second kappa shape index (κ2) is 12.7. The van der Waals surface area contributed by atoms with E-state index in [1.165, 1.54) is 0 Å². The molecular formula is C38H32N4O3. The number of ether oxygens (including phenoxy) is 1. The molecule has 0 bridgehead atoms. The number of rotatable bonds is 7. The molecule has 0 radical (unpaired) electrons. The fourth-order valence-electron chi connectivity index (χ4n) is 6.37. The Hall–Kier alpha value is -5.40. The third-order valence-electron chi connectivity index (χ3n) is 8.57. The summed E-state index contributed by atoms with van der Waals surface area (Å²) in [5, 5.41) is 3.46. The molecular weight excluding hydrogens is 560 g/mol. The van der Waals surface area contributed by atoms with Crippen molar-refractivity contribution in [3.63, 3.8) is 0 Å². The lowest BCUT2D eigenvalue weighted by molar-refractivity contribution is 0.00282. The number of hydrogen-bond acceptors (Lipinski definition) is 6. The molecule has 3 heterocycles. The maximum absolute atomic E-state index is 14.0. The van der Waals surface area contributed by atoms with Crippen LogP contribution in [0.5, 0.6) is 0 Å². The zero-order valence-corrected chi connectivity index (χ0v) is 24.7. The molecule has 2 aromatic heterocycles. The lowest BCUT2D eigenvalue weighted by Gasteiger charge is -2.45. The third-order valence-corrected chi connectivity index (χ3v) is 8.57. The summed E-state index contributed by atoms with van der Waals surface area (Å²) >= 11 is 0. The lowest BCUT2D eigenvalue weighted by atomic mass is 9.94. The summed E-state index contributed by atoms with van der Waals surface area (Å²) < 4.78 is 6.06. The molecule has 7 heteroatoms. The van der Waals surface area contributed by atoms with Gasteiger partial charge >= 0.3 is 5.97 Å². The fourth-order valence-corrected chi connectivity index (χ4v) is 6.37. The van der Waals surface area contributed by atoms with Crippen LogP contribution >= 0.6 is 0 Å². The van der Waals surface area contributed by atoms with Crippen molar-refractivity contribution in [2.75, 3.05) is 26.2 Å². The largest absolute Gasteiger partial charge is 0.460 e. The standard InChI is InChI=1S/C38H32N4O3/c43-37(34-23-39-21-29-15-7-9-17-32(29)34)41-19-20-42(36(27-11-3-1-4-12-27)28-13-5-2-6-14-28)31(25-41)26-45-38(44)35-24-40-22-30-16-8-10-18-33(30)35/h1-18,21-24,31,36H,19-20,25-26H2. The van der Waals surface area contributed by atoms with E-state index in [9.17, 15) is 9.59 Å². The van der Waals surface area contributed by atoms with Crippen molar-refractivity contribution in [3.8, 4) is 0 Å². The van der Waals surface area contributed by atoms with Crippen molar-refractivity contribution in [3.05, 3.63) is 156 Å². The summed E-state index contributed by atoms with van der Waals surface area (Å²) in [7, 11) is 0. The molecule has 7 rings (SSSR count). The zero-order chi connectivity index (χ0) is 30.6. The van der Waals surface area contributed by atoms with Crippen LogP contribution in [-0.4, -0.2) is 63.9 Å². The van der Waals surface area contributed by atoms with Crippen molar-refractivity contribution in [2.24, 2.45) is 0 Å². The Kier molecular flexibility index (Phi) is 8.00. The maximum atomic E-state index is 14.0. The predicted octanol–water partition coefficient (Wildman–Crippen LogP) is 6.56. The van der Waals surface area contributed by atoms with Crippen molar-refractivity contribution < 1.29 is 14.3 Å². The van der Waals surface area contributed by atoms with E-state index in [0.29, 0.717) is 30.8 Å². The molecule has 1 saturated heterocycles. The third kappa shape index (κ3) is 5.78. The van der Waals surface area contributed by atoms with Crippen molar-refractivity contribution in [1.82, 2.24) is 19.8 Å². The summed E-state index contributed by atoms with van der Waals surface area (Å²) in [6.45, 7) is 1.61. The van der Waals surface area contributed by atoms with Crippen LogP contribution in [0.15, 0.2) is 134 Å². The van der Waals surface area contributed by atoms with E-state index in [4.69, 9.17) is 4.74 Å². The van der Waals surface area contributed by atoms with Crippen molar-refractivity contribution in [2.45, 2.75) is 12.1 Å². The van der Waals surface area contributed by atoms with Gasteiger partial charge in [-0.3, -0.25) is 19.7 Å². The highest BCUT2D eigenvalue weighted by Gasteiger charge is 2.36. The minimum atomic E-state index is -0.433. The number of fused-ring (bicyclic) bond motifs is 2. The molecule has 6 aromatic rings. The van der Waals surface area contributed by atoms with E-state index >= 15 is 0 Å². The Morgan fingerprint density at radius 2 is 1.20 bits per heavy atom. The molecule has 7 nitrogen and oxygen atoms in total. The molecule has 0 aliphatic carbocycles. The summed E-state index contributed by atoms with van der Waals surface area (Å²) in [5.74, 6) is -0.513. The summed E-state index contributed by atoms with van der Waals surface area (Å²) in [6.07, 6.45) is 6.73. The Morgan fingerprint density at radius 3 is 1.82 bits per heavy atom. The topological polar surface area (TPSA) is 75.6 Å². The van der Waals surface area contributed by atoms with Gasteiger partial charge in [0.15, 0.2) is 0 Å². The highest BCUT2D eigenvalue weighted by atomic mass is 16.5. The normalized spacial score (nSPS) is 15.4. The number of hydrogen-bond donors (Lipinski definition) is 0. The van der Waals surface area contributed by atoms with E-state index < -0.39 is 5.97 Å². The highest BCUT2D eigenvalue weighted by molar-refractivity contribution is 6.06. The molecule has 1 amide bonds. The van der Waals surface area contributed by atoms with Gasteiger partial charge in [-0.1, -0.05) is 109 Å². The van der Waals surface area contributed by atoms with Gasteiger partial charge in [0.1, 0.15) is 6.61 Å². The van der Waals surface area contributed by atoms with Gasteiger partial charge in [-0.25, -0.2) is 4.79 Å². The molecule has 1 atom stereocenters. The van der Waals surface area contributed by atoms with E-state index in [2.05, 4.69) is 39.1 Å². The van der Waals surface area contributed by atoms with Crippen LogP contribution in [0.25, 0.3) is 21.5 Å². The molecule has 1 aliphatic heterocycles. The first-order valence-electron chi connectivity index (χ1n) is 15.1. The lowest BCUT2D eigenvalue weighted by Crippen LogP contribution is -2.57. The van der Waals surface area contributed by atoms with E-state index in [-0.39, 0.29) is 24.6 Å². The Balaban J connectivity index is 1.22. The molecule has 1 aliphatic rings.